The maximum atomic E-state index is 13.8. The number of nitrogens with zero attached hydrogens (tertiary/aromatic N) is 2. The lowest BCUT2D eigenvalue weighted by atomic mass is 9.96. The molecule has 0 fully saturated rings. The van der Waals surface area contributed by atoms with Gasteiger partial charge in [-0.3, -0.25) is 4.79 Å². The molecule has 0 radical (unpaired) electrons. The Morgan fingerprint density at radius 1 is 1.07 bits per heavy atom. The summed E-state index contributed by atoms with van der Waals surface area (Å²) in [7, 11) is 0. The monoisotopic (exact) mass is 414 g/mol. The van der Waals surface area contributed by atoms with E-state index >= 15 is 0 Å². The van der Waals surface area contributed by atoms with Gasteiger partial charge in [-0.05, 0) is 31.5 Å². The second-order valence-corrected chi connectivity index (χ2v) is 7.58. The van der Waals surface area contributed by atoms with Gasteiger partial charge in [0.05, 0.1) is 6.04 Å². The van der Waals surface area contributed by atoms with Crippen molar-refractivity contribution < 1.29 is 18.0 Å². The fourth-order valence-electron chi connectivity index (χ4n) is 3.53. The van der Waals surface area contributed by atoms with E-state index in [-0.39, 0.29) is 17.9 Å². The van der Waals surface area contributed by atoms with Gasteiger partial charge in [-0.15, -0.1) is 0 Å². The minimum atomic E-state index is -4.49. The van der Waals surface area contributed by atoms with Gasteiger partial charge in [-0.2, -0.15) is 18.3 Å². The number of rotatable bonds is 3. The topological polar surface area (TPSA) is 59.0 Å². The molecule has 156 valence electrons. The van der Waals surface area contributed by atoms with E-state index in [1.54, 1.807) is 12.1 Å². The molecule has 8 heteroatoms. The fourth-order valence-corrected chi connectivity index (χ4v) is 3.53. The Bertz CT molecular complexity index is 1060. The number of fused-ring (bicyclic) bond motifs is 1. The van der Waals surface area contributed by atoms with E-state index in [4.69, 9.17) is 0 Å². The summed E-state index contributed by atoms with van der Waals surface area (Å²) in [5.74, 6) is -0.390. The van der Waals surface area contributed by atoms with Crippen LogP contribution in [0.2, 0.25) is 0 Å². The smallest absolute Gasteiger partial charge is 0.363 e. The number of nitrogens with one attached hydrogen (secondary N) is 2. The summed E-state index contributed by atoms with van der Waals surface area (Å²) in [5, 5.41) is 9.75. The first kappa shape index (κ1) is 20.0. The zero-order valence-corrected chi connectivity index (χ0v) is 16.5. The molecule has 1 aliphatic rings. The van der Waals surface area contributed by atoms with Crippen LogP contribution in [0.4, 0.5) is 24.7 Å². The lowest BCUT2D eigenvalue weighted by molar-refractivity contribution is -0.173. The number of aryl methyl sites for hydroxylation is 2. The van der Waals surface area contributed by atoms with Crippen molar-refractivity contribution in [1.82, 2.24) is 9.78 Å². The lowest BCUT2D eigenvalue weighted by Crippen LogP contribution is -2.35. The van der Waals surface area contributed by atoms with Crippen molar-refractivity contribution >= 4 is 17.4 Å². The fraction of sp³-hybridized carbons (Fsp3) is 0.273. The third kappa shape index (κ3) is 4.03. The second-order valence-electron chi connectivity index (χ2n) is 7.58. The van der Waals surface area contributed by atoms with Crippen LogP contribution in [0.3, 0.4) is 0 Å². The number of amides is 1. The summed E-state index contributed by atoms with van der Waals surface area (Å²) in [4.78, 5) is 12.6. The van der Waals surface area contributed by atoms with Gasteiger partial charge >= 0.3 is 6.18 Å². The molecule has 0 spiro atoms. The van der Waals surface area contributed by atoms with E-state index < -0.39 is 24.2 Å². The summed E-state index contributed by atoms with van der Waals surface area (Å²) in [5.41, 5.74) is 3.30. The number of anilines is 2. The first-order chi connectivity index (χ1) is 14.2. The van der Waals surface area contributed by atoms with Crippen LogP contribution in [0.5, 0.6) is 0 Å². The molecule has 1 aliphatic heterocycles. The second kappa shape index (κ2) is 7.51. The molecular formula is C22H21F3N4O. The van der Waals surface area contributed by atoms with Crippen LogP contribution in [0.25, 0.3) is 0 Å². The first-order valence-corrected chi connectivity index (χ1v) is 9.58. The first-order valence-electron chi connectivity index (χ1n) is 9.58. The Morgan fingerprint density at radius 3 is 2.27 bits per heavy atom. The highest BCUT2D eigenvalue weighted by atomic mass is 19.4. The molecule has 1 aromatic heterocycles. The molecule has 2 aromatic carbocycles. The highest BCUT2D eigenvalue weighted by Crippen LogP contribution is 2.43. The van der Waals surface area contributed by atoms with Gasteiger partial charge in [0, 0.05) is 18.2 Å². The van der Waals surface area contributed by atoms with Crippen molar-refractivity contribution in [1.29, 1.82) is 0 Å². The van der Waals surface area contributed by atoms with Crippen molar-refractivity contribution in [3.8, 4) is 0 Å². The summed E-state index contributed by atoms with van der Waals surface area (Å²) in [6.45, 7) is 3.84. The Morgan fingerprint density at radius 2 is 1.67 bits per heavy atom. The molecule has 2 heterocycles. The number of hydrogen-bond acceptors (Lipinski definition) is 3. The molecule has 0 unspecified atom stereocenters. The summed E-state index contributed by atoms with van der Waals surface area (Å²) in [6, 6.07) is 13.5. The van der Waals surface area contributed by atoms with Crippen LogP contribution < -0.4 is 10.6 Å². The van der Waals surface area contributed by atoms with Gasteiger partial charge in [-0.25, -0.2) is 4.68 Å². The third-order valence-electron chi connectivity index (χ3n) is 5.21. The quantitative estimate of drug-likeness (QED) is 0.602. The van der Waals surface area contributed by atoms with E-state index in [1.807, 2.05) is 50.2 Å². The molecule has 0 aliphatic carbocycles. The van der Waals surface area contributed by atoms with Crippen LogP contribution in [0.15, 0.2) is 54.6 Å². The lowest BCUT2D eigenvalue weighted by Gasteiger charge is -2.33. The Labute approximate surface area is 171 Å². The SMILES string of the molecule is Cc1ccc(NC(=O)c2cc3n(n2)[C@H](C(F)(F)F)C[C@@H](c2ccc(C)cc2)N3)cc1. The van der Waals surface area contributed by atoms with Gasteiger partial charge in [0.25, 0.3) is 5.91 Å². The molecule has 0 saturated carbocycles. The number of carbonyl (C=O) groups excluding carboxylic acids is 1. The van der Waals surface area contributed by atoms with Crippen LogP contribution in [-0.2, 0) is 0 Å². The number of carbonyl (C=O) groups is 1. The maximum Gasteiger partial charge on any atom is 0.410 e. The largest absolute Gasteiger partial charge is 0.410 e. The normalized spacial score (nSPS) is 18.4. The molecule has 5 nitrogen and oxygen atoms in total. The molecule has 0 bridgehead atoms. The van der Waals surface area contributed by atoms with Gasteiger partial charge in [0.15, 0.2) is 11.7 Å². The minimum absolute atomic E-state index is 0.0723. The minimum Gasteiger partial charge on any atom is -0.363 e. The van der Waals surface area contributed by atoms with Crippen LogP contribution in [0.1, 0.15) is 45.7 Å². The number of aromatic nitrogens is 2. The van der Waals surface area contributed by atoms with Crippen molar-refractivity contribution in [2.24, 2.45) is 0 Å². The average molecular weight is 414 g/mol. The number of benzene rings is 2. The highest BCUT2D eigenvalue weighted by Gasteiger charge is 2.46. The molecule has 2 N–H and O–H groups in total. The van der Waals surface area contributed by atoms with Crippen molar-refractivity contribution in [3.63, 3.8) is 0 Å². The highest BCUT2D eigenvalue weighted by molar-refractivity contribution is 6.03. The number of alkyl halides is 3. The van der Waals surface area contributed by atoms with Gasteiger partial charge in [0.1, 0.15) is 5.82 Å². The molecule has 3 aromatic rings. The van der Waals surface area contributed by atoms with Crippen molar-refractivity contribution in [2.75, 3.05) is 10.6 Å². The standard InChI is InChI=1S/C22H21F3N4O/c1-13-3-7-15(8-4-13)17-11-19(22(23,24)25)29-20(27-17)12-18(28-29)21(30)26-16-9-5-14(2)6-10-16/h3-10,12,17,19,27H,11H2,1-2H3,(H,26,30)/t17-,19-/m0/s1. The zero-order valence-electron chi connectivity index (χ0n) is 16.5. The van der Waals surface area contributed by atoms with E-state index in [2.05, 4.69) is 15.7 Å². The van der Waals surface area contributed by atoms with Gasteiger partial charge in [0.2, 0.25) is 0 Å². The maximum absolute atomic E-state index is 13.8. The molecular weight excluding hydrogens is 393 g/mol. The molecule has 1 amide bonds. The van der Waals surface area contributed by atoms with Crippen molar-refractivity contribution in [2.45, 2.75) is 38.5 Å². The predicted octanol–water partition coefficient (Wildman–Crippen LogP) is 5.41. The summed E-state index contributed by atoms with van der Waals surface area (Å²) >= 11 is 0. The number of hydrogen-bond donors (Lipinski definition) is 2. The Balaban J connectivity index is 1.63. The average Bonchev–Trinajstić information content (AvgIpc) is 3.13. The van der Waals surface area contributed by atoms with Crippen LogP contribution in [-0.4, -0.2) is 21.9 Å². The molecule has 0 saturated heterocycles. The Kier molecular flexibility index (Phi) is 5.01. The van der Waals surface area contributed by atoms with Crippen LogP contribution in [0, 0.1) is 13.8 Å². The van der Waals surface area contributed by atoms with E-state index in [0.717, 1.165) is 21.4 Å². The van der Waals surface area contributed by atoms with Crippen LogP contribution >= 0.6 is 0 Å². The molecule has 4 rings (SSSR count). The molecule has 2 atom stereocenters. The van der Waals surface area contributed by atoms with Gasteiger partial charge < -0.3 is 10.6 Å². The molecule has 30 heavy (non-hydrogen) atoms. The zero-order chi connectivity index (χ0) is 21.5. The van der Waals surface area contributed by atoms with Crippen molar-refractivity contribution in [3.05, 3.63) is 77.0 Å². The number of halogens is 3. The van der Waals surface area contributed by atoms with E-state index in [9.17, 15) is 18.0 Å². The Hall–Kier alpha value is -3.29. The third-order valence-corrected chi connectivity index (χ3v) is 5.21. The summed E-state index contributed by atoms with van der Waals surface area (Å²) in [6.07, 6.45) is -4.70. The van der Waals surface area contributed by atoms with E-state index in [1.165, 1.54) is 6.07 Å². The van der Waals surface area contributed by atoms with E-state index in [0.29, 0.717) is 5.69 Å². The van der Waals surface area contributed by atoms with Gasteiger partial charge in [-0.1, -0.05) is 47.5 Å². The summed E-state index contributed by atoms with van der Waals surface area (Å²) < 4.78 is 42.2. The predicted molar refractivity (Wildman–Crippen MR) is 109 cm³/mol.